The maximum Gasteiger partial charge on any atom is 0.223 e. The summed E-state index contributed by atoms with van der Waals surface area (Å²) >= 11 is 6.13. The van der Waals surface area contributed by atoms with Crippen molar-refractivity contribution in [3.8, 4) is 0 Å². The first-order valence-corrected chi connectivity index (χ1v) is 13.3. The highest BCUT2D eigenvalue weighted by Gasteiger charge is 2.61. The van der Waals surface area contributed by atoms with Gasteiger partial charge >= 0.3 is 0 Å². The minimum atomic E-state index is 0.137. The molecule has 3 fully saturated rings. The lowest BCUT2D eigenvalue weighted by molar-refractivity contribution is -0.135. The number of hydrogen-bond acceptors (Lipinski definition) is 2. The molecule has 0 spiro atoms. The van der Waals surface area contributed by atoms with Gasteiger partial charge in [0, 0.05) is 42.3 Å². The number of halogens is 1. The Kier molecular flexibility index (Phi) is 5.17. The van der Waals surface area contributed by atoms with Crippen LogP contribution in [0.3, 0.4) is 0 Å². The van der Waals surface area contributed by atoms with E-state index < -0.39 is 0 Å². The number of carbonyl (C=O) groups is 1. The molecule has 1 aromatic carbocycles. The topological polar surface area (TPSA) is 46.9 Å². The first kappa shape index (κ1) is 21.7. The highest BCUT2D eigenvalue weighted by molar-refractivity contribution is 6.30. The van der Waals surface area contributed by atoms with Gasteiger partial charge in [-0.25, -0.2) is 4.98 Å². The van der Waals surface area contributed by atoms with Gasteiger partial charge in [-0.05, 0) is 91.2 Å². The Morgan fingerprint density at radius 2 is 1.97 bits per heavy atom. The van der Waals surface area contributed by atoms with E-state index in [4.69, 9.17) is 11.6 Å². The van der Waals surface area contributed by atoms with Gasteiger partial charge in [0.2, 0.25) is 5.91 Å². The normalized spacial score (nSPS) is 39.2. The first-order valence-electron chi connectivity index (χ1n) is 12.9. The van der Waals surface area contributed by atoms with Crippen molar-refractivity contribution in [1.29, 1.82) is 0 Å². The first-order chi connectivity index (χ1) is 15.9. The molecule has 1 unspecified atom stereocenters. The van der Waals surface area contributed by atoms with Crippen LogP contribution in [-0.2, 0) is 17.8 Å². The molecule has 4 aliphatic rings. The molecule has 1 amide bonds. The van der Waals surface area contributed by atoms with Crippen LogP contribution in [0.5, 0.6) is 0 Å². The van der Waals surface area contributed by atoms with Gasteiger partial charge in [-0.1, -0.05) is 37.6 Å². The molecule has 7 atom stereocenters. The van der Waals surface area contributed by atoms with Gasteiger partial charge in [0.1, 0.15) is 5.82 Å². The second-order valence-corrected chi connectivity index (χ2v) is 12.2. The summed E-state index contributed by atoms with van der Waals surface area (Å²) < 4.78 is 2.51. The Hall–Kier alpha value is -1.81. The number of fused-ring (bicyclic) bond motifs is 7. The average Bonchev–Trinajstić information content (AvgIpc) is 3.41. The zero-order chi connectivity index (χ0) is 22.8. The molecule has 1 aromatic heterocycles. The number of benzene rings is 1. The number of rotatable bonds is 3. The predicted molar refractivity (Wildman–Crippen MR) is 131 cm³/mol. The average molecular weight is 466 g/mol. The van der Waals surface area contributed by atoms with Crippen LogP contribution in [0.2, 0.25) is 5.02 Å². The third kappa shape index (κ3) is 3.31. The molecular formula is C28H36ClN3O. The van der Waals surface area contributed by atoms with E-state index in [0.717, 1.165) is 35.3 Å². The second kappa shape index (κ2) is 7.86. The second-order valence-electron chi connectivity index (χ2n) is 11.7. The molecule has 1 N–H and O–H groups in total. The van der Waals surface area contributed by atoms with E-state index >= 15 is 0 Å². The third-order valence-electron chi connectivity index (χ3n) is 10.5. The molecule has 3 aliphatic carbocycles. The molecule has 0 bridgehead atoms. The van der Waals surface area contributed by atoms with Crippen LogP contribution in [0.25, 0.3) is 0 Å². The van der Waals surface area contributed by atoms with Crippen molar-refractivity contribution >= 4 is 17.5 Å². The molecule has 0 saturated heterocycles. The summed E-state index contributed by atoms with van der Waals surface area (Å²) in [6, 6.07) is 8.41. The highest BCUT2D eigenvalue weighted by Crippen LogP contribution is 2.67. The molecule has 0 radical (unpaired) electrons. The van der Waals surface area contributed by atoms with Crippen LogP contribution in [-0.4, -0.2) is 15.5 Å². The Morgan fingerprint density at radius 3 is 2.82 bits per heavy atom. The lowest BCUT2D eigenvalue weighted by atomic mass is 9.47. The van der Waals surface area contributed by atoms with E-state index in [2.05, 4.69) is 34.9 Å². The fraction of sp³-hybridized carbons (Fsp3) is 0.643. The van der Waals surface area contributed by atoms with E-state index in [-0.39, 0.29) is 17.2 Å². The molecule has 2 heterocycles. The Morgan fingerprint density at radius 1 is 1.12 bits per heavy atom. The van der Waals surface area contributed by atoms with Crippen LogP contribution in [0.15, 0.2) is 36.7 Å². The Bertz CT molecular complexity index is 1060. The maximum absolute atomic E-state index is 13.4. The number of aromatic nitrogens is 2. The summed E-state index contributed by atoms with van der Waals surface area (Å²) in [6.07, 6.45) is 13.9. The number of imidazole rings is 1. The number of carbonyl (C=O) groups excluding carboxylic acids is 1. The number of hydrogen-bond donors (Lipinski definition) is 1. The van der Waals surface area contributed by atoms with Crippen LogP contribution in [0, 0.1) is 34.5 Å². The van der Waals surface area contributed by atoms with E-state index in [0.29, 0.717) is 23.9 Å². The summed E-state index contributed by atoms with van der Waals surface area (Å²) in [6.45, 7) is 5.58. The van der Waals surface area contributed by atoms with Crippen molar-refractivity contribution in [2.75, 3.05) is 0 Å². The SMILES string of the molecule is C[C@]12CC[C@H]3[C@@H](CCC4n5ccnc5CC[C@@]43C)[C@@H]1CC[C@@H]2C(=O)NCc1cccc(Cl)c1. The molecule has 2 aromatic rings. The largest absolute Gasteiger partial charge is 0.352 e. The Balaban J connectivity index is 1.19. The third-order valence-corrected chi connectivity index (χ3v) is 10.7. The number of nitrogens with zero attached hydrogens (tertiary/aromatic N) is 2. The molecule has 3 saturated carbocycles. The van der Waals surface area contributed by atoms with Gasteiger partial charge in [0.05, 0.1) is 0 Å². The summed E-state index contributed by atoms with van der Waals surface area (Å²) in [5, 5.41) is 3.98. The van der Waals surface area contributed by atoms with Crippen LogP contribution < -0.4 is 5.32 Å². The van der Waals surface area contributed by atoms with E-state index in [1.807, 2.05) is 30.5 Å². The van der Waals surface area contributed by atoms with Gasteiger partial charge in [-0.3, -0.25) is 4.79 Å². The van der Waals surface area contributed by atoms with Gasteiger partial charge in [-0.15, -0.1) is 0 Å². The summed E-state index contributed by atoms with van der Waals surface area (Å²) in [4.78, 5) is 18.0. The van der Waals surface area contributed by atoms with Crippen molar-refractivity contribution in [1.82, 2.24) is 14.9 Å². The summed E-state index contributed by atoms with van der Waals surface area (Å²) in [5.74, 6) is 3.90. The van der Waals surface area contributed by atoms with Crippen molar-refractivity contribution < 1.29 is 4.79 Å². The van der Waals surface area contributed by atoms with Gasteiger partial charge < -0.3 is 9.88 Å². The Labute approximate surface area is 202 Å². The smallest absolute Gasteiger partial charge is 0.223 e. The monoisotopic (exact) mass is 465 g/mol. The molecular weight excluding hydrogens is 430 g/mol. The highest BCUT2D eigenvalue weighted by atomic mass is 35.5. The van der Waals surface area contributed by atoms with E-state index in [1.165, 1.54) is 44.3 Å². The zero-order valence-electron chi connectivity index (χ0n) is 19.9. The van der Waals surface area contributed by atoms with Gasteiger partial charge in [0.15, 0.2) is 0 Å². The summed E-state index contributed by atoms with van der Waals surface area (Å²) in [5.41, 5.74) is 1.57. The lowest BCUT2D eigenvalue weighted by Crippen LogP contribution is -2.54. The van der Waals surface area contributed by atoms with Crippen molar-refractivity contribution in [3.63, 3.8) is 0 Å². The predicted octanol–water partition coefficient (Wildman–Crippen LogP) is 6.20. The molecule has 4 nitrogen and oxygen atoms in total. The van der Waals surface area contributed by atoms with Crippen LogP contribution >= 0.6 is 11.6 Å². The summed E-state index contributed by atoms with van der Waals surface area (Å²) in [7, 11) is 0. The van der Waals surface area contributed by atoms with Gasteiger partial charge in [0.25, 0.3) is 0 Å². The van der Waals surface area contributed by atoms with Crippen molar-refractivity contribution in [2.45, 2.75) is 77.8 Å². The minimum absolute atomic E-state index is 0.137. The number of aryl methyl sites for hydroxylation is 1. The molecule has 176 valence electrons. The van der Waals surface area contributed by atoms with Crippen LogP contribution in [0.1, 0.15) is 76.2 Å². The quantitative estimate of drug-likeness (QED) is 0.586. The van der Waals surface area contributed by atoms with Crippen molar-refractivity contribution in [2.24, 2.45) is 34.5 Å². The fourth-order valence-corrected chi connectivity index (χ4v) is 9.05. The standard InChI is InChI=1S/C28H36ClN3O/c1-27-12-10-22-20(6-9-24-28(22,2)13-11-25-30-14-15-32(24)25)21(27)7-8-23(27)26(33)31-17-18-4-3-5-19(29)16-18/h3-5,14-16,20-24H,6-13,17H2,1-2H3,(H,31,33)/t20-,21-,22-,23+,24?,27-,28+/m0/s1. The van der Waals surface area contributed by atoms with Crippen LogP contribution in [0.4, 0.5) is 0 Å². The van der Waals surface area contributed by atoms with Gasteiger partial charge in [-0.2, -0.15) is 0 Å². The maximum atomic E-state index is 13.4. The molecule has 6 rings (SSSR count). The molecule has 33 heavy (non-hydrogen) atoms. The zero-order valence-corrected chi connectivity index (χ0v) is 20.7. The molecule has 5 heteroatoms. The van der Waals surface area contributed by atoms with Crippen molar-refractivity contribution in [3.05, 3.63) is 53.1 Å². The number of amides is 1. The minimum Gasteiger partial charge on any atom is -0.352 e. The lowest BCUT2D eigenvalue weighted by Gasteiger charge is -2.60. The fourth-order valence-electron chi connectivity index (χ4n) is 8.84. The van der Waals surface area contributed by atoms with E-state index in [1.54, 1.807) is 0 Å². The number of nitrogens with one attached hydrogen (secondary N) is 1. The molecule has 1 aliphatic heterocycles. The van der Waals surface area contributed by atoms with E-state index in [9.17, 15) is 4.79 Å².